The molecule has 2 aromatic rings. The van der Waals surface area contributed by atoms with Gasteiger partial charge >= 0.3 is 6.36 Å². The summed E-state index contributed by atoms with van der Waals surface area (Å²) in [5.41, 5.74) is 1.76. The van der Waals surface area contributed by atoms with Crippen molar-refractivity contribution in [2.24, 2.45) is 0 Å². The Labute approximate surface area is 88.1 Å². The molecular formula is C8H3BF3NOS. The van der Waals surface area contributed by atoms with E-state index in [1.165, 1.54) is 29.0 Å². The molecule has 0 aliphatic heterocycles. The Hall–Kier alpha value is -1.24. The molecule has 2 rings (SSSR count). The summed E-state index contributed by atoms with van der Waals surface area (Å²) in [6.07, 6.45) is -4.74. The van der Waals surface area contributed by atoms with Crippen molar-refractivity contribution in [3.63, 3.8) is 0 Å². The molecule has 0 aliphatic carbocycles. The first-order valence-electron chi connectivity index (χ1n) is 3.85. The smallest absolute Gasteiger partial charge is 0.406 e. The zero-order valence-corrected chi connectivity index (χ0v) is 8.02. The zero-order chi connectivity index (χ0) is 11.1. The second kappa shape index (κ2) is 3.41. The van der Waals surface area contributed by atoms with Gasteiger partial charge in [-0.25, -0.2) is 4.98 Å². The number of halogens is 3. The normalized spacial score (nSPS) is 11.9. The molecule has 0 saturated heterocycles. The molecule has 0 bridgehead atoms. The summed E-state index contributed by atoms with van der Waals surface area (Å²) in [5.74, 6) is -0.416. The van der Waals surface area contributed by atoms with E-state index in [9.17, 15) is 13.2 Å². The van der Waals surface area contributed by atoms with Crippen LogP contribution in [0.1, 0.15) is 0 Å². The van der Waals surface area contributed by atoms with Crippen LogP contribution in [0.3, 0.4) is 0 Å². The summed E-state index contributed by atoms with van der Waals surface area (Å²) >= 11 is 1.30. The van der Waals surface area contributed by atoms with Crippen molar-refractivity contribution in [3.8, 4) is 5.75 Å². The van der Waals surface area contributed by atoms with Crippen molar-refractivity contribution < 1.29 is 17.9 Å². The molecule has 76 valence electrons. The third-order valence-electron chi connectivity index (χ3n) is 1.73. The first-order chi connectivity index (χ1) is 6.97. The summed E-state index contributed by atoms with van der Waals surface area (Å²) in [5, 5.41) is 0. The average molecular weight is 229 g/mol. The van der Waals surface area contributed by atoms with Gasteiger partial charge in [-0.15, -0.1) is 24.5 Å². The van der Waals surface area contributed by atoms with Gasteiger partial charge in [0.05, 0.1) is 15.7 Å². The number of hydrogen-bond acceptors (Lipinski definition) is 3. The summed E-state index contributed by atoms with van der Waals surface area (Å²) in [4.78, 5) is 3.86. The largest absolute Gasteiger partial charge is 0.573 e. The molecule has 2 radical (unpaired) electrons. The maximum Gasteiger partial charge on any atom is 0.573 e. The van der Waals surface area contributed by atoms with E-state index in [0.29, 0.717) is 5.52 Å². The zero-order valence-electron chi connectivity index (χ0n) is 7.21. The van der Waals surface area contributed by atoms with Crippen molar-refractivity contribution in [2.75, 3.05) is 0 Å². The van der Waals surface area contributed by atoms with Crippen molar-refractivity contribution in [1.29, 1.82) is 0 Å². The Morgan fingerprint density at radius 2 is 2.07 bits per heavy atom. The fourth-order valence-corrected chi connectivity index (χ4v) is 1.84. The molecule has 0 fully saturated rings. The van der Waals surface area contributed by atoms with Crippen LogP contribution in [0.25, 0.3) is 10.2 Å². The van der Waals surface area contributed by atoms with Gasteiger partial charge in [-0.2, -0.15) is 0 Å². The minimum Gasteiger partial charge on any atom is -0.406 e. The van der Waals surface area contributed by atoms with Crippen molar-refractivity contribution in [2.45, 2.75) is 6.36 Å². The van der Waals surface area contributed by atoms with E-state index in [1.54, 1.807) is 0 Å². The molecular weight excluding hydrogens is 226 g/mol. The number of hydrogen-bond donors (Lipinski definition) is 0. The number of nitrogens with zero attached hydrogens (tertiary/aromatic N) is 1. The molecule has 15 heavy (non-hydrogen) atoms. The van der Waals surface area contributed by atoms with Gasteiger partial charge in [-0.3, -0.25) is 0 Å². The summed E-state index contributed by atoms with van der Waals surface area (Å²) in [6.45, 7) is 0. The van der Waals surface area contributed by atoms with E-state index >= 15 is 0 Å². The van der Waals surface area contributed by atoms with E-state index in [0.717, 1.165) is 4.70 Å². The molecule has 0 N–H and O–H groups in total. The Kier molecular flexibility index (Phi) is 2.34. The molecule has 7 heteroatoms. The van der Waals surface area contributed by atoms with Gasteiger partial charge in [0, 0.05) is 0 Å². The van der Waals surface area contributed by atoms with Crippen LogP contribution in [-0.4, -0.2) is 19.2 Å². The Bertz CT molecular complexity index is 496. The van der Waals surface area contributed by atoms with Crippen molar-refractivity contribution in [3.05, 3.63) is 17.6 Å². The van der Waals surface area contributed by atoms with Gasteiger partial charge in [0.15, 0.2) is 0 Å². The maximum atomic E-state index is 12.0. The third kappa shape index (κ3) is 2.06. The number of alkyl halides is 3. The van der Waals surface area contributed by atoms with Crippen molar-refractivity contribution >= 4 is 34.9 Å². The Balaban J connectivity index is 2.48. The first kappa shape index (κ1) is 10.3. The van der Waals surface area contributed by atoms with Crippen LogP contribution in [0.2, 0.25) is 0 Å². The van der Waals surface area contributed by atoms with Crippen LogP contribution in [0.15, 0.2) is 17.6 Å². The number of fused-ring (bicyclic) bond motifs is 1. The summed E-state index contributed by atoms with van der Waals surface area (Å²) in [7, 11) is 5.49. The molecule has 0 amide bonds. The van der Waals surface area contributed by atoms with Gasteiger partial charge in [0.1, 0.15) is 13.6 Å². The highest BCUT2D eigenvalue weighted by Gasteiger charge is 2.31. The average Bonchev–Trinajstić information content (AvgIpc) is 2.56. The van der Waals surface area contributed by atoms with Crippen LogP contribution >= 0.6 is 11.3 Å². The number of rotatable bonds is 1. The highest BCUT2D eigenvalue weighted by Crippen LogP contribution is 2.25. The first-order valence-corrected chi connectivity index (χ1v) is 4.73. The number of ether oxygens (including phenoxy) is 1. The lowest BCUT2D eigenvalue weighted by molar-refractivity contribution is -0.274. The fraction of sp³-hybridized carbons (Fsp3) is 0.125. The second-order valence-corrected chi connectivity index (χ2v) is 3.61. The highest BCUT2D eigenvalue weighted by atomic mass is 32.1. The van der Waals surface area contributed by atoms with E-state index in [4.69, 9.17) is 7.85 Å². The second-order valence-electron chi connectivity index (χ2n) is 2.72. The van der Waals surface area contributed by atoms with Gasteiger partial charge in [-0.1, -0.05) is 0 Å². The van der Waals surface area contributed by atoms with Crippen LogP contribution in [0.5, 0.6) is 5.75 Å². The van der Waals surface area contributed by atoms with Gasteiger partial charge in [-0.05, 0) is 17.6 Å². The van der Waals surface area contributed by atoms with Gasteiger partial charge < -0.3 is 4.74 Å². The Morgan fingerprint density at radius 1 is 1.33 bits per heavy atom. The topological polar surface area (TPSA) is 22.1 Å². The molecule has 1 aromatic carbocycles. The molecule has 0 saturated carbocycles. The predicted octanol–water partition coefficient (Wildman–Crippen LogP) is 1.99. The number of aromatic nitrogens is 1. The van der Waals surface area contributed by atoms with Gasteiger partial charge in [0.25, 0.3) is 0 Å². The summed E-state index contributed by atoms with van der Waals surface area (Å²) < 4.78 is 40.3. The lowest BCUT2D eigenvalue weighted by atomic mass is 9.94. The molecule has 1 heterocycles. The lowest BCUT2D eigenvalue weighted by Gasteiger charge is -2.11. The van der Waals surface area contributed by atoms with E-state index < -0.39 is 12.1 Å². The van der Waals surface area contributed by atoms with Gasteiger partial charge in [0.2, 0.25) is 0 Å². The SMILES string of the molecule is [B]c1c(OC(F)(F)F)ccc2scnc12. The van der Waals surface area contributed by atoms with Crippen LogP contribution in [0.4, 0.5) is 13.2 Å². The van der Waals surface area contributed by atoms with Crippen LogP contribution in [-0.2, 0) is 0 Å². The highest BCUT2D eigenvalue weighted by molar-refractivity contribution is 7.16. The predicted molar refractivity (Wildman–Crippen MR) is 51.7 cm³/mol. The van der Waals surface area contributed by atoms with E-state index in [-0.39, 0.29) is 5.46 Å². The number of benzene rings is 1. The molecule has 0 unspecified atom stereocenters. The molecule has 0 atom stereocenters. The Morgan fingerprint density at radius 3 is 2.73 bits per heavy atom. The summed E-state index contributed by atoms with van der Waals surface area (Å²) in [6, 6.07) is 2.67. The molecule has 1 aromatic heterocycles. The third-order valence-corrected chi connectivity index (χ3v) is 2.52. The van der Waals surface area contributed by atoms with Crippen molar-refractivity contribution in [1.82, 2.24) is 4.98 Å². The van der Waals surface area contributed by atoms with E-state index in [1.807, 2.05) is 0 Å². The standard InChI is InChI=1S/C8H3BF3NOS/c9-6-4(14-8(10,11)12)1-2-5-7(6)13-3-15-5/h1-3H. The minimum absolute atomic E-state index is 0.0916. The van der Waals surface area contributed by atoms with Crippen LogP contribution < -0.4 is 10.2 Å². The fourth-order valence-electron chi connectivity index (χ4n) is 1.15. The van der Waals surface area contributed by atoms with E-state index in [2.05, 4.69) is 9.72 Å². The maximum absolute atomic E-state index is 12.0. The van der Waals surface area contributed by atoms with Crippen LogP contribution in [0, 0.1) is 0 Å². The lowest BCUT2D eigenvalue weighted by Crippen LogP contribution is -2.22. The molecule has 0 aliphatic rings. The monoisotopic (exact) mass is 229 g/mol. The quantitative estimate of drug-likeness (QED) is 0.697. The molecule has 0 spiro atoms. The minimum atomic E-state index is -4.74. The number of thiazole rings is 1. The molecule has 2 nitrogen and oxygen atoms in total.